The molecule has 0 spiro atoms. The number of fused-ring (bicyclic) bond motifs is 2. The Morgan fingerprint density at radius 2 is 1.90 bits per heavy atom. The number of rotatable bonds is 2. The van der Waals surface area contributed by atoms with Gasteiger partial charge in [-0.25, -0.2) is 4.98 Å². The maximum absolute atomic E-state index is 9.47. The van der Waals surface area contributed by atoms with Crippen LogP contribution in [-0.4, -0.2) is 59.7 Å². The summed E-state index contributed by atoms with van der Waals surface area (Å²) in [6.45, 7) is 7.23. The smallest absolute Gasteiger partial charge is 0.129 e. The van der Waals surface area contributed by atoms with Gasteiger partial charge in [-0.15, -0.1) is 0 Å². The number of halogens is 1. The molecule has 1 aromatic carbocycles. The molecule has 3 aromatic rings. The van der Waals surface area contributed by atoms with E-state index < -0.39 is 0 Å². The van der Waals surface area contributed by atoms with Gasteiger partial charge in [-0.2, -0.15) is 5.26 Å². The lowest BCUT2D eigenvalue weighted by atomic mass is 10.0. The average Bonchev–Trinajstić information content (AvgIpc) is 2.78. The third-order valence-electron chi connectivity index (χ3n) is 6.25. The summed E-state index contributed by atoms with van der Waals surface area (Å²) < 4.78 is 1.06. The molecule has 0 amide bonds. The second-order valence-electron chi connectivity index (χ2n) is 8.07. The predicted molar refractivity (Wildman–Crippen MR) is 123 cm³/mol. The molecule has 4 heterocycles. The quantitative estimate of drug-likeness (QED) is 0.578. The fourth-order valence-corrected chi connectivity index (χ4v) is 5.18. The van der Waals surface area contributed by atoms with Crippen LogP contribution in [0.2, 0.25) is 0 Å². The first-order chi connectivity index (χ1) is 14.6. The number of hydrogen-bond donors (Lipinski definition) is 0. The van der Waals surface area contributed by atoms with Crippen molar-refractivity contribution in [2.24, 2.45) is 0 Å². The fraction of sp³-hybridized carbons (Fsp3) is 0.348. The minimum Gasteiger partial charge on any atom is -0.368 e. The Hall–Kier alpha value is -2.69. The van der Waals surface area contributed by atoms with Crippen molar-refractivity contribution >= 4 is 38.3 Å². The molecule has 2 fully saturated rings. The largest absolute Gasteiger partial charge is 0.368 e. The first-order valence-electron chi connectivity index (χ1n) is 10.3. The molecule has 2 aromatic heterocycles. The molecule has 5 rings (SSSR count). The molecular formula is C23H23BrN6. The third kappa shape index (κ3) is 3.40. The highest BCUT2D eigenvalue weighted by Gasteiger charge is 2.37. The molecule has 6 nitrogen and oxygen atoms in total. The lowest BCUT2D eigenvalue weighted by Gasteiger charge is -2.51. The maximum Gasteiger partial charge on any atom is 0.129 e. The van der Waals surface area contributed by atoms with Crippen molar-refractivity contribution in [1.29, 1.82) is 5.26 Å². The number of nitrogens with zero attached hydrogens (tertiary/aromatic N) is 6. The van der Waals surface area contributed by atoms with E-state index in [2.05, 4.69) is 71.8 Å². The summed E-state index contributed by atoms with van der Waals surface area (Å²) in [6, 6.07) is 15.2. The molecule has 0 N–H and O–H groups in total. The number of hydrogen-bond acceptors (Lipinski definition) is 6. The highest BCUT2D eigenvalue weighted by atomic mass is 79.9. The standard InChI is InChI=1S/C23H23BrN6/c1-16-13-29(21-5-4-17(12-25)23-20(21)3-2-7-27-23)15-19-14-28(9-10-30(16)19)22-11-18(24)6-8-26-22/h2-8,11,16,19H,9-10,13-15H2,1H3/t16-,19+/m1/s1. The molecule has 0 unspecified atom stereocenters. The highest BCUT2D eigenvalue weighted by Crippen LogP contribution is 2.32. The average molecular weight is 463 g/mol. The summed E-state index contributed by atoms with van der Waals surface area (Å²) in [5.74, 6) is 1.03. The highest BCUT2D eigenvalue weighted by molar-refractivity contribution is 9.10. The van der Waals surface area contributed by atoms with Crippen LogP contribution in [0.5, 0.6) is 0 Å². The maximum atomic E-state index is 9.47. The Bertz CT molecular complexity index is 1130. The molecule has 152 valence electrons. The van der Waals surface area contributed by atoms with E-state index in [9.17, 15) is 5.26 Å². The van der Waals surface area contributed by atoms with E-state index >= 15 is 0 Å². The normalized spacial score (nSPS) is 22.0. The van der Waals surface area contributed by atoms with Gasteiger partial charge < -0.3 is 9.80 Å². The topological polar surface area (TPSA) is 59.3 Å². The predicted octanol–water partition coefficient (Wildman–Crippen LogP) is 3.66. The fourth-order valence-electron chi connectivity index (χ4n) is 4.86. The zero-order valence-electron chi connectivity index (χ0n) is 16.9. The number of anilines is 2. The Labute approximate surface area is 184 Å². The number of aromatic nitrogens is 2. The number of benzene rings is 1. The Morgan fingerprint density at radius 3 is 2.73 bits per heavy atom. The van der Waals surface area contributed by atoms with E-state index in [4.69, 9.17) is 0 Å². The molecule has 30 heavy (non-hydrogen) atoms. The van der Waals surface area contributed by atoms with Gasteiger partial charge in [0.15, 0.2) is 0 Å². The molecule has 0 radical (unpaired) electrons. The molecule has 0 bridgehead atoms. The van der Waals surface area contributed by atoms with Gasteiger partial charge in [0.25, 0.3) is 0 Å². The van der Waals surface area contributed by atoms with E-state index in [1.165, 1.54) is 5.69 Å². The van der Waals surface area contributed by atoms with Crippen LogP contribution in [0.4, 0.5) is 11.5 Å². The van der Waals surface area contributed by atoms with Gasteiger partial charge >= 0.3 is 0 Å². The Kier molecular flexibility index (Phi) is 5.05. The molecule has 2 atom stereocenters. The van der Waals surface area contributed by atoms with Crippen LogP contribution < -0.4 is 9.80 Å². The van der Waals surface area contributed by atoms with E-state index in [-0.39, 0.29) is 0 Å². The molecule has 0 aliphatic carbocycles. The lowest BCUT2D eigenvalue weighted by molar-refractivity contribution is 0.108. The van der Waals surface area contributed by atoms with Crippen LogP contribution in [0.1, 0.15) is 12.5 Å². The summed E-state index contributed by atoms with van der Waals surface area (Å²) in [5.41, 5.74) is 2.59. The van der Waals surface area contributed by atoms with Crippen LogP contribution in [0.25, 0.3) is 10.9 Å². The molecule has 2 aliphatic heterocycles. The van der Waals surface area contributed by atoms with Crippen molar-refractivity contribution in [3.05, 3.63) is 58.8 Å². The molecular weight excluding hydrogens is 440 g/mol. The number of piperazine rings is 2. The van der Waals surface area contributed by atoms with Crippen LogP contribution in [-0.2, 0) is 0 Å². The minimum absolute atomic E-state index is 0.422. The first-order valence-corrected chi connectivity index (χ1v) is 11.1. The molecule has 7 heteroatoms. The summed E-state index contributed by atoms with van der Waals surface area (Å²) in [6.07, 6.45) is 3.62. The zero-order valence-corrected chi connectivity index (χ0v) is 18.5. The van der Waals surface area contributed by atoms with Gasteiger partial charge in [-0.1, -0.05) is 15.9 Å². The third-order valence-corrected chi connectivity index (χ3v) is 6.74. The van der Waals surface area contributed by atoms with E-state index in [0.717, 1.165) is 53.9 Å². The molecule has 2 aliphatic rings. The van der Waals surface area contributed by atoms with Crippen LogP contribution >= 0.6 is 15.9 Å². The molecule has 0 saturated carbocycles. The number of pyridine rings is 2. The summed E-state index contributed by atoms with van der Waals surface area (Å²) in [4.78, 5) is 16.6. The zero-order chi connectivity index (χ0) is 20.7. The molecule has 2 saturated heterocycles. The van der Waals surface area contributed by atoms with Crippen molar-refractivity contribution in [2.75, 3.05) is 42.5 Å². The van der Waals surface area contributed by atoms with Crippen LogP contribution in [0, 0.1) is 11.3 Å². The van der Waals surface area contributed by atoms with E-state index in [0.29, 0.717) is 17.6 Å². The monoisotopic (exact) mass is 462 g/mol. The lowest BCUT2D eigenvalue weighted by Crippen LogP contribution is -2.65. The van der Waals surface area contributed by atoms with Gasteiger partial charge in [0.1, 0.15) is 11.9 Å². The Balaban J connectivity index is 1.45. The van der Waals surface area contributed by atoms with Crippen LogP contribution in [0.15, 0.2) is 53.3 Å². The Morgan fingerprint density at radius 1 is 1.03 bits per heavy atom. The second kappa shape index (κ2) is 7.86. The van der Waals surface area contributed by atoms with E-state index in [1.807, 2.05) is 24.4 Å². The van der Waals surface area contributed by atoms with E-state index in [1.54, 1.807) is 6.20 Å². The second-order valence-corrected chi connectivity index (χ2v) is 8.98. The van der Waals surface area contributed by atoms with Gasteiger partial charge in [-0.3, -0.25) is 9.88 Å². The minimum atomic E-state index is 0.422. The first kappa shape index (κ1) is 19.3. The SMILES string of the molecule is C[C@@H]1CN(c2ccc(C#N)c3ncccc23)C[C@@H]2CN(c3cc(Br)ccn3)CCN21. The van der Waals surface area contributed by atoms with Gasteiger partial charge in [0.05, 0.1) is 11.1 Å². The van der Waals surface area contributed by atoms with Crippen molar-refractivity contribution in [3.63, 3.8) is 0 Å². The van der Waals surface area contributed by atoms with Gasteiger partial charge in [-0.05, 0) is 43.3 Å². The van der Waals surface area contributed by atoms with Crippen molar-refractivity contribution in [1.82, 2.24) is 14.9 Å². The van der Waals surface area contributed by atoms with Gasteiger partial charge in [0, 0.05) is 72.7 Å². The van der Waals surface area contributed by atoms with Gasteiger partial charge in [0.2, 0.25) is 0 Å². The number of nitriles is 1. The summed E-state index contributed by atoms with van der Waals surface area (Å²) >= 11 is 3.57. The van der Waals surface area contributed by atoms with Crippen molar-refractivity contribution in [3.8, 4) is 6.07 Å². The van der Waals surface area contributed by atoms with Crippen molar-refractivity contribution < 1.29 is 0 Å². The summed E-state index contributed by atoms with van der Waals surface area (Å²) in [5, 5.41) is 10.5. The summed E-state index contributed by atoms with van der Waals surface area (Å²) in [7, 11) is 0. The van der Waals surface area contributed by atoms with Crippen LogP contribution in [0.3, 0.4) is 0 Å². The van der Waals surface area contributed by atoms with Crippen molar-refractivity contribution in [2.45, 2.75) is 19.0 Å².